The average molecular weight is 361 g/mol. The Labute approximate surface area is 154 Å². The molecule has 7 heteroatoms. The van der Waals surface area contributed by atoms with Gasteiger partial charge in [-0.3, -0.25) is 4.98 Å². The number of hydrogen-bond donors (Lipinski definition) is 0. The summed E-state index contributed by atoms with van der Waals surface area (Å²) in [6, 6.07) is 5.79. The number of methoxy groups -OCH3 is 1. The third-order valence-corrected chi connectivity index (χ3v) is 4.74. The zero-order valence-corrected chi connectivity index (χ0v) is 15.3. The van der Waals surface area contributed by atoms with Crippen LogP contribution in [0, 0.1) is 18.8 Å². The van der Waals surface area contributed by atoms with E-state index in [0.29, 0.717) is 17.4 Å². The average Bonchev–Trinajstić information content (AvgIpc) is 3.29. The van der Waals surface area contributed by atoms with Crippen LogP contribution in [0.4, 0.5) is 0 Å². The molecule has 0 atom stereocenters. The largest absolute Gasteiger partial charge is 0.494 e. The summed E-state index contributed by atoms with van der Waals surface area (Å²) < 4.78 is 7.29. The first-order valence-electron chi connectivity index (χ1n) is 7.91. The van der Waals surface area contributed by atoms with Crippen LogP contribution < -0.4 is 4.74 Å². The Morgan fingerprint density at radius 1 is 1.15 bits per heavy atom. The van der Waals surface area contributed by atoms with Gasteiger partial charge in [-0.25, -0.2) is 15.0 Å². The van der Waals surface area contributed by atoms with Gasteiger partial charge in [0.15, 0.2) is 5.82 Å². The molecule has 0 saturated carbocycles. The minimum atomic E-state index is 0.446. The van der Waals surface area contributed by atoms with Crippen molar-refractivity contribution >= 4 is 22.2 Å². The molecule has 0 bridgehead atoms. The summed E-state index contributed by atoms with van der Waals surface area (Å²) in [4.78, 5) is 18.7. The molecule has 0 spiro atoms. The molecule has 3 heterocycles. The van der Waals surface area contributed by atoms with E-state index < -0.39 is 0 Å². The number of aromatic nitrogens is 5. The van der Waals surface area contributed by atoms with Crippen LogP contribution in [0.15, 0.2) is 36.1 Å². The maximum atomic E-state index is 5.40. The molecule has 0 amide bonds. The highest BCUT2D eigenvalue weighted by atomic mass is 32.1. The second-order valence-electron chi connectivity index (χ2n) is 5.67. The first-order valence-corrected chi connectivity index (χ1v) is 8.79. The number of fused-ring (bicyclic) bond motifs is 1. The molecule has 26 heavy (non-hydrogen) atoms. The number of benzene rings is 1. The van der Waals surface area contributed by atoms with E-state index in [0.717, 1.165) is 27.2 Å². The Kier molecular flexibility index (Phi) is 4.11. The first kappa shape index (κ1) is 16.2. The normalized spacial score (nSPS) is 10.6. The number of thiazole rings is 1. The fourth-order valence-corrected chi connectivity index (χ4v) is 3.23. The summed E-state index contributed by atoms with van der Waals surface area (Å²) in [5.74, 6) is 7.89. The van der Waals surface area contributed by atoms with Gasteiger partial charge in [0.1, 0.15) is 17.0 Å². The van der Waals surface area contributed by atoms with Crippen LogP contribution in [0.5, 0.6) is 5.75 Å². The van der Waals surface area contributed by atoms with Crippen molar-refractivity contribution in [3.05, 3.63) is 53.4 Å². The molecule has 4 rings (SSSR count). The van der Waals surface area contributed by atoms with Gasteiger partial charge < -0.3 is 9.30 Å². The molecule has 0 saturated heterocycles. The number of ether oxygens (including phenoxy) is 1. The van der Waals surface area contributed by atoms with E-state index in [1.807, 2.05) is 42.9 Å². The lowest BCUT2D eigenvalue weighted by molar-refractivity contribution is 0.419. The predicted molar refractivity (Wildman–Crippen MR) is 101 cm³/mol. The van der Waals surface area contributed by atoms with Crippen LogP contribution in [0.3, 0.4) is 0 Å². The quantitative estimate of drug-likeness (QED) is 0.513. The van der Waals surface area contributed by atoms with Gasteiger partial charge in [-0.05, 0) is 24.8 Å². The maximum absolute atomic E-state index is 5.40. The van der Waals surface area contributed by atoms with Crippen molar-refractivity contribution in [3.8, 4) is 28.2 Å². The third-order valence-electron chi connectivity index (χ3n) is 3.95. The Bertz CT molecular complexity index is 1150. The van der Waals surface area contributed by atoms with Gasteiger partial charge in [0, 0.05) is 30.5 Å². The van der Waals surface area contributed by atoms with Crippen molar-refractivity contribution in [1.82, 2.24) is 24.5 Å². The number of para-hydroxylation sites is 1. The smallest absolute Gasteiger partial charge is 0.206 e. The van der Waals surface area contributed by atoms with Gasteiger partial charge in [0.25, 0.3) is 0 Å². The number of rotatable bonds is 2. The number of hydrogen-bond acceptors (Lipinski definition) is 6. The van der Waals surface area contributed by atoms with Gasteiger partial charge in [-0.15, -0.1) is 11.3 Å². The monoisotopic (exact) mass is 361 g/mol. The van der Waals surface area contributed by atoms with Crippen molar-refractivity contribution in [2.24, 2.45) is 7.05 Å². The van der Waals surface area contributed by atoms with E-state index in [4.69, 9.17) is 4.74 Å². The number of imidazole rings is 1. The molecule has 0 aliphatic rings. The molecular weight excluding hydrogens is 346 g/mol. The van der Waals surface area contributed by atoms with Crippen LogP contribution in [0.2, 0.25) is 0 Å². The zero-order chi connectivity index (χ0) is 18.1. The van der Waals surface area contributed by atoms with Crippen LogP contribution in [-0.4, -0.2) is 31.6 Å². The van der Waals surface area contributed by atoms with E-state index in [2.05, 4.69) is 31.8 Å². The SMILES string of the molecule is COc1cccc2c(C)nc(C#Cc3nc(-c4cncs4)cn3C)nc12. The highest BCUT2D eigenvalue weighted by Crippen LogP contribution is 2.25. The first-order chi connectivity index (χ1) is 12.7. The van der Waals surface area contributed by atoms with Gasteiger partial charge >= 0.3 is 0 Å². The van der Waals surface area contributed by atoms with Crippen LogP contribution in [0.25, 0.3) is 21.5 Å². The topological polar surface area (TPSA) is 65.7 Å². The zero-order valence-electron chi connectivity index (χ0n) is 14.5. The van der Waals surface area contributed by atoms with Gasteiger partial charge in [-0.1, -0.05) is 12.1 Å². The molecule has 0 unspecified atom stereocenters. The standard InChI is InChI=1S/C19H15N5OS/c1-12-13-5-4-6-15(25-3)19(13)23-17(21-12)7-8-18-22-14(10-24(18)2)16-9-20-11-26-16/h4-6,9-11H,1-3H3. The second-order valence-corrected chi connectivity index (χ2v) is 6.55. The fraction of sp³-hybridized carbons (Fsp3) is 0.158. The fourth-order valence-electron chi connectivity index (χ4n) is 2.66. The van der Waals surface area contributed by atoms with Crippen molar-refractivity contribution in [2.75, 3.05) is 7.11 Å². The van der Waals surface area contributed by atoms with E-state index >= 15 is 0 Å². The molecule has 6 nitrogen and oxygen atoms in total. The van der Waals surface area contributed by atoms with E-state index in [1.54, 1.807) is 30.2 Å². The lowest BCUT2D eigenvalue weighted by Gasteiger charge is -2.06. The van der Waals surface area contributed by atoms with Crippen molar-refractivity contribution in [2.45, 2.75) is 6.92 Å². The minimum absolute atomic E-state index is 0.446. The Morgan fingerprint density at radius 2 is 2.04 bits per heavy atom. The maximum Gasteiger partial charge on any atom is 0.206 e. The Morgan fingerprint density at radius 3 is 2.81 bits per heavy atom. The van der Waals surface area contributed by atoms with E-state index in [1.165, 1.54) is 0 Å². The molecule has 3 aromatic heterocycles. The molecule has 0 radical (unpaired) electrons. The van der Waals surface area contributed by atoms with Crippen LogP contribution in [-0.2, 0) is 7.05 Å². The van der Waals surface area contributed by atoms with Crippen molar-refractivity contribution in [1.29, 1.82) is 0 Å². The lowest BCUT2D eigenvalue weighted by atomic mass is 10.2. The highest BCUT2D eigenvalue weighted by Gasteiger charge is 2.09. The molecule has 0 fully saturated rings. The third kappa shape index (κ3) is 2.91. The Hall–Kier alpha value is -3.24. The van der Waals surface area contributed by atoms with Crippen LogP contribution >= 0.6 is 11.3 Å². The van der Waals surface area contributed by atoms with E-state index in [-0.39, 0.29) is 0 Å². The van der Waals surface area contributed by atoms with Gasteiger partial charge in [-0.2, -0.15) is 0 Å². The Balaban J connectivity index is 1.75. The van der Waals surface area contributed by atoms with Crippen molar-refractivity contribution < 1.29 is 4.74 Å². The molecule has 4 aromatic rings. The number of nitrogens with zero attached hydrogens (tertiary/aromatic N) is 5. The molecule has 0 aliphatic heterocycles. The molecule has 1 aromatic carbocycles. The summed E-state index contributed by atoms with van der Waals surface area (Å²) in [7, 11) is 3.55. The number of aryl methyl sites for hydroxylation is 2. The molecular formula is C19H15N5OS. The summed E-state index contributed by atoms with van der Waals surface area (Å²) in [5.41, 5.74) is 4.27. The minimum Gasteiger partial charge on any atom is -0.494 e. The molecule has 0 N–H and O–H groups in total. The lowest BCUT2D eigenvalue weighted by Crippen LogP contribution is -1.97. The van der Waals surface area contributed by atoms with E-state index in [9.17, 15) is 0 Å². The highest BCUT2D eigenvalue weighted by molar-refractivity contribution is 7.13. The van der Waals surface area contributed by atoms with Crippen LogP contribution in [0.1, 0.15) is 17.3 Å². The van der Waals surface area contributed by atoms with Crippen molar-refractivity contribution in [3.63, 3.8) is 0 Å². The summed E-state index contributed by atoms with van der Waals surface area (Å²) in [6.45, 7) is 1.94. The second kappa shape index (κ2) is 6.58. The van der Waals surface area contributed by atoms with Gasteiger partial charge in [0.05, 0.1) is 17.5 Å². The summed E-state index contributed by atoms with van der Waals surface area (Å²) >= 11 is 1.55. The molecule has 0 aliphatic carbocycles. The predicted octanol–water partition coefficient (Wildman–Crippen LogP) is 3.20. The summed E-state index contributed by atoms with van der Waals surface area (Å²) in [6.07, 6.45) is 3.74. The summed E-state index contributed by atoms with van der Waals surface area (Å²) in [5, 5.41) is 0.958. The molecule has 128 valence electrons. The van der Waals surface area contributed by atoms with Gasteiger partial charge in [0.2, 0.25) is 5.82 Å².